The van der Waals surface area contributed by atoms with Crippen LogP contribution in [0.15, 0.2) is 12.3 Å². The number of nitrogens with two attached hydrogens (primary N) is 1. The monoisotopic (exact) mass is 290 g/mol. The second-order valence-electron chi connectivity index (χ2n) is 7.12. The molecule has 0 spiro atoms. The van der Waals surface area contributed by atoms with Crippen LogP contribution in [0.4, 0.5) is 5.95 Å². The fraction of sp³-hybridized carbons (Fsp3) is 0.667. The SMILES string of the molecule is CC12CCC(C1)C(C)(C)C2Nc1nccc(C(N)=S)n1. The third kappa shape index (κ3) is 1.99. The summed E-state index contributed by atoms with van der Waals surface area (Å²) in [7, 11) is 0. The third-order valence-corrected chi connectivity index (χ3v) is 5.66. The van der Waals surface area contributed by atoms with Crippen LogP contribution in [-0.4, -0.2) is 21.0 Å². The first-order valence-electron chi connectivity index (χ1n) is 7.22. The predicted octanol–water partition coefficient (Wildman–Crippen LogP) is 2.74. The second-order valence-corrected chi connectivity index (χ2v) is 7.56. The quantitative estimate of drug-likeness (QED) is 0.838. The molecular formula is C15H22N4S. The molecule has 2 aliphatic rings. The van der Waals surface area contributed by atoms with Gasteiger partial charge in [-0.05, 0) is 42.1 Å². The van der Waals surface area contributed by atoms with Gasteiger partial charge in [0.25, 0.3) is 0 Å². The Labute approximate surface area is 125 Å². The first-order valence-corrected chi connectivity index (χ1v) is 7.63. The van der Waals surface area contributed by atoms with E-state index >= 15 is 0 Å². The lowest BCUT2D eigenvalue weighted by Gasteiger charge is -2.43. The molecule has 2 saturated carbocycles. The van der Waals surface area contributed by atoms with Crippen molar-refractivity contribution in [2.45, 2.75) is 46.1 Å². The normalized spacial score (nSPS) is 34.1. The maximum absolute atomic E-state index is 5.64. The molecule has 4 nitrogen and oxygen atoms in total. The highest BCUT2D eigenvalue weighted by Gasteiger charge is 2.59. The number of aromatic nitrogens is 2. The molecule has 3 N–H and O–H groups in total. The van der Waals surface area contributed by atoms with E-state index in [9.17, 15) is 0 Å². The van der Waals surface area contributed by atoms with Crippen LogP contribution in [-0.2, 0) is 0 Å². The highest BCUT2D eigenvalue weighted by Crippen LogP contribution is 2.62. The number of nitrogens with one attached hydrogen (secondary N) is 1. The zero-order valence-electron chi connectivity index (χ0n) is 12.3. The molecule has 3 rings (SSSR count). The molecule has 0 aliphatic heterocycles. The smallest absolute Gasteiger partial charge is 0.223 e. The Hall–Kier alpha value is -1.23. The third-order valence-electron chi connectivity index (χ3n) is 5.45. The van der Waals surface area contributed by atoms with Gasteiger partial charge in [0.2, 0.25) is 5.95 Å². The van der Waals surface area contributed by atoms with E-state index < -0.39 is 0 Å². The highest BCUT2D eigenvalue weighted by atomic mass is 32.1. The van der Waals surface area contributed by atoms with Crippen LogP contribution in [0.25, 0.3) is 0 Å². The number of thiocarbonyl (C=S) groups is 1. The minimum atomic E-state index is 0.273. The van der Waals surface area contributed by atoms with Crippen LogP contribution >= 0.6 is 12.2 Å². The largest absolute Gasteiger partial charge is 0.388 e. The summed E-state index contributed by atoms with van der Waals surface area (Å²) in [4.78, 5) is 9.07. The highest BCUT2D eigenvalue weighted by molar-refractivity contribution is 7.80. The van der Waals surface area contributed by atoms with Crippen molar-refractivity contribution in [1.29, 1.82) is 0 Å². The van der Waals surface area contributed by atoms with E-state index in [-0.39, 0.29) is 5.41 Å². The van der Waals surface area contributed by atoms with Crippen molar-refractivity contribution in [3.8, 4) is 0 Å². The van der Waals surface area contributed by atoms with Gasteiger partial charge in [0.1, 0.15) is 10.7 Å². The van der Waals surface area contributed by atoms with Crippen LogP contribution in [0, 0.1) is 16.7 Å². The second kappa shape index (κ2) is 4.38. The van der Waals surface area contributed by atoms with E-state index in [0.717, 1.165) is 5.92 Å². The minimum Gasteiger partial charge on any atom is -0.388 e. The van der Waals surface area contributed by atoms with Crippen molar-refractivity contribution in [1.82, 2.24) is 9.97 Å². The lowest BCUT2D eigenvalue weighted by atomic mass is 9.68. The van der Waals surface area contributed by atoms with E-state index in [1.165, 1.54) is 19.3 Å². The molecule has 1 aromatic rings. The van der Waals surface area contributed by atoms with E-state index in [4.69, 9.17) is 18.0 Å². The van der Waals surface area contributed by atoms with E-state index in [1.807, 2.05) is 0 Å². The Morgan fingerprint density at radius 2 is 2.20 bits per heavy atom. The van der Waals surface area contributed by atoms with Crippen LogP contribution in [0.3, 0.4) is 0 Å². The molecular weight excluding hydrogens is 268 g/mol. The van der Waals surface area contributed by atoms with Gasteiger partial charge >= 0.3 is 0 Å². The first kappa shape index (κ1) is 13.7. The van der Waals surface area contributed by atoms with Crippen molar-refractivity contribution >= 4 is 23.2 Å². The molecule has 2 aliphatic carbocycles. The fourth-order valence-electron chi connectivity index (χ4n) is 4.36. The Balaban J connectivity index is 1.87. The number of nitrogens with zero attached hydrogens (tertiary/aromatic N) is 2. The van der Waals surface area contributed by atoms with Crippen molar-refractivity contribution in [3.63, 3.8) is 0 Å². The van der Waals surface area contributed by atoms with Gasteiger partial charge in [0, 0.05) is 12.2 Å². The molecule has 5 heteroatoms. The minimum absolute atomic E-state index is 0.273. The van der Waals surface area contributed by atoms with Crippen LogP contribution < -0.4 is 11.1 Å². The van der Waals surface area contributed by atoms with Crippen LogP contribution in [0.1, 0.15) is 45.7 Å². The molecule has 0 amide bonds. The van der Waals surface area contributed by atoms with Gasteiger partial charge in [-0.1, -0.05) is 33.0 Å². The number of fused-ring (bicyclic) bond motifs is 2. The molecule has 3 atom stereocenters. The summed E-state index contributed by atoms with van der Waals surface area (Å²) in [5.41, 5.74) is 6.89. The van der Waals surface area contributed by atoms with Gasteiger partial charge in [-0.25, -0.2) is 9.97 Å². The molecule has 1 aromatic heterocycles. The van der Waals surface area contributed by atoms with Gasteiger partial charge in [0.15, 0.2) is 0 Å². The summed E-state index contributed by atoms with van der Waals surface area (Å²) in [6.45, 7) is 7.10. The lowest BCUT2D eigenvalue weighted by Crippen LogP contribution is -2.46. The van der Waals surface area contributed by atoms with Crippen LogP contribution in [0.2, 0.25) is 0 Å². The van der Waals surface area contributed by atoms with Crippen molar-refractivity contribution < 1.29 is 0 Å². The summed E-state index contributed by atoms with van der Waals surface area (Å²) < 4.78 is 0. The summed E-state index contributed by atoms with van der Waals surface area (Å²) in [6, 6.07) is 2.15. The molecule has 0 saturated heterocycles. The summed E-state index contributed by atoms with van der Waals surface area (Å²) >= 11 is 4.98. The number of anilines is 1. The van der Waals surface area contributed by atoms with E-state index in [2.05, 4.69) is 36.1 Å². The zero-order chi connectivity index (χ0) is 14.5. The van der Waals surface area contributed by atoms with E-state index in [1.54, 1.807) is 12.3 Å². The Kier molecular flexibility index (Phi) is 3.01. The maximum atomic E-state index is 5.64. The van der Waals surface area contributed by atoms with Crippen LogP contribution in [0.5, 0.6) is 0 Å². The molecule has 3 unspecified atom stereocenters. The molecule has 20 heavy (non-hydrogen) atoms. The van der Waals surface area contributed by atoms with Gasteiger partial charge < -0.3 is 11.1 Å². The number of rotatable bonds is 3. The van der Waals surface area contributed by atoms with E-state index in [0.29, 0.717) is 28.1 Å². The maximum Gasteiger partial charge on any atom is 0.223 e. The van der Waals surface area contributed by atoms with Gasteiger partial charge in [0.05, 0.1) is 0 Å². The molecule has 1 heterocycles. The number of hydrogen-bond donors (Lipinski definition) is 2. The van der Waals surface area contributed by atoms with Crippen molar-refractivity contribution in [2.75, 3.05) is 5.32 Å². The lowest BCUT2D eigenvalue weighted by molar-refractivity contribution is 0.155. The van der Waals surface area contributed by atoms with Gasteiger partial charge in [-0.2, -0.15) is 0 Å². The molecule has 2 bridgehead atoms. The Morgan fingerprint density at radius 1 is 1.45 bits per heavy atom. The predicted molar refractivity (Wildman–Crippen MR) is 84.6 cm³/mol. The average Bonchev–Trinajstić information content (AvgIpc) is 2.86. The molecule has 0 aromatic carbocycles. The zero-order valence-corrected chi connectivity index (χ0v) is 13.1. The van der Waals surface area contributed by atoms with Gasteiger partial charge in [-0.3, -0.25) is 0 Å². The standard InChI is InChI=1S/C15H22N4S/c1-14(2)9-4-6-15(3,8-9)12(14)19-13-17-7-5-10(18-13)11(16)20/h5,7,9,12H,4,6,8H2,1-3H3,(H2,16,20)(H,17,18,19). The summed E-state index contributed by atoms with van der Waals surface area (Å²) in [6.07, 6.45) is 5.64. The molecule has 108 valence electrons. The van der Waals surface area contributed by atoms with Crippen molar-refractivity contribution in [2.24, 2.45) is 22.5 Å². The van der Waals surface area contributed by atoms with Gasteiger partial charge in [-0.15, -0.1) is 0 Å². The Morgan fingerprint density at radius 3 is 2.80 bits per heavy atom. The molecule has 2 fully saturated rings. The molecule has 0 radical (unpaired) electrons. The summed E-state index contributed by atoms with van der Waals surface area (Å²) in [5.74, 6) is 1.44. The van der Waals surface area contributed by atoms with Crippen molar-refractivity contribution in [3.05, 3.63) is 18.0 Å². The fourth-order valence-corrected chi connectivity index (χ4v) is 4.47. The topological polar surface area (TPSA) is 63.8 Å². The number of hydrogen-bond acceptors (Lipinski definition) is 4. The summed E-state index contributed by atoms with van der Waals surface area (Å²) in [5, 5.41) is 3.56. The average molecular weight is 290 g/mol. The Bertz CT molecular complexity index is 552. The first-order chi connectivity index (χ1) is 9.33.